The summed E-state index contributed by atoms with van der Waals surface area (Å²) in [6, 6.07) is 6.10. The molecule has 16 heteroatoms. The number of amides is 1. The lowest BCUT2D eigenvalue weighted by Gasteiger charge is -2.24. The van der Waals surface area contributed by atoms with Crippen LogP contribution in [-0.4, -0.2) is 78.5 Å². The molecular weight excluding hydrogens is 524 g/mol. The number of nitrogens with two attached hydrogens (primary N) is 1. The molecule has 1 aromatic carbocycles. The normalized spacial score (nSPS) is 24.4. The quantitative estimate of drug-likeness (QED) is 0.351. The fourth-order valence-corrected chi connectivity index (χ4v) is 5.04. The maximum absolute atomic E-state index is 12.7. The van der Waals surface area contributed by atoms with Gasteiger partial charge in [-0.2, -0.15) is 8.42 Å². The number of imidazole rings is 1. The molecule has 3 N–H and O–H groups in total. The number of carbonyl (C=O) groups excluding carboxylic acids is 1. The van der Waals surface area contributed by atoms with E-state index < -0.39 is 53.1 Å². The van der Waals surface area contributed by atoms with Gasteiger partial charge in [-0.25, -0.2) is 19.7 Å². The minimum Gasteiger partial charge on any atom is -0.467 e. The number of nitrogens with one attached hydrogen (secondary N) is 1. The van der Waals surface area contributed by atoms with Gasteiger partial charge in [-0.1, -0.05) is 12.1 Å². The van der Waals surface area contributed by atoms with E-state index in [0.717, 1.165) is 0 Å². The number of fused-ring (bicyclic) bond motifs is 2. The summed E-state index contributed by atoms with van der Waals surface area (Å²) in [6.45, 7) is 2.86. The van der Waals surface area contributed by atoms with Crippen molar-refractivity contribution in [2.24, 2.45) is 0 Å². The molecule has 38 heavy (non-hydrogen) atoms. The first-order valence-electron chi connectivity index (χ1n) is 11.4. The zero-order valence-corrected chi connectivity index (χ0v) is 21.5. The standard InChI is InChI=1S/C22H26N6O9S/c1-22(2)36-16-14(35-21(17(16)37-22)28-10-26-15-18(23)24-9-25-19(15)28)8-34-38(30,31)27-20(29)12-6-4-5-7-13(12)33-11-32-3/h4-7,9-10,14,16-17,21H,8,11H2,1-3H3,(H,27,29)(H2,23,24,25)/t14-,16+,17?,21-/m1/s1. The minimum absolute atomic E-state index is 0.0171. The zero-order valence-electron chi connectivity index (χ0n) is 20.6. The number of hydrogen-bond acceptors (Lipinski definition) is 13. The molecule has 2 fully saturated rings. The highest BCUT2D eigenvalue weighted by Crippen LogP contribution is 2.44. The topological polar surface area (TPSA) is 188 Å². The summed E-state index contributed by atoms with van der Waals surface area (Å²) < 4.78 is 62.2. The van der Waals surface area contributed by atoms with Crippen molar-refractivity contribution in [3.63, 3.8) is 0 Å². The number of anilines is 1. The maximum atomic E-state index is 12.7. The first kappa shape index (κ1) is 26.2. The molecule has 204 valence electrons. The van der Waals surface area contributed by atoms with Crippen LogP contribution in [0.2, 0.25) is 0 Å². The Hall–Kier alpha value is -3.41. The number of aromatic nitrogens is 4. The van der Waals surface area contributed by atoms with Crippen molar-refractivity contribution in [1.29, 1.82) is 0 Å². The predicted molar refractivity (Wildman–Crippen MR) is 129 cm³/mol. The Morgan fingerprint density at radius 1 is 1.18 bits per heavy atom. The van der Waals surface area contributed by atoms with Gasteiger partial charge in [-0.3, -0.25) is 13.5 Å². The van der Waals surface area contributed by atoms with Crippen molar-refractivity contribution in [2.45, 2.75) is 44.2 Å². The minimum atomic E-state index is -4.54. The highest BCUT2D eigenvalue weighted by Gasteiger charge is 2.56. The lowest BCUT2D eigenvalue weighted by molar-refractivity contribution is -0.198. The predicted octanol–water partition coefficient (Wildman–Crippen LogP) is 0.500. The van der Waals surface area contributed by atoms with Crippen molar-refractivity contribution in [3.05, 3.63) is 42.5 Å². The van der Waals surface area contributed by atoms with Gasteiger partial charge in [0.15, 0.2) is 30.3 Å². The van der Waals surface area contributed by atoms with Crippen LogP contribution in [0.3, 0.4) is 0 Å². The molecular formula is C22H26N6O9S. The van der Waals surface area contributed by atoms with Gasteiger partial charge in [-0.05, 0) is 26.0 Å². The van der Waals surface area contributed by atoms with Crippen LogP contribution in [-0.2, 0) is 33.4 Å². The summed E-state index contributed by atoms with van der Waals surface area (Å²) in [5.41, 5.74) is 6.67. The molecule has 1 unspecified atom stereocenters. The van der Waals surface area contributed by atoms with Crippen molar-refractivity contribution in [1.82, 2.24) is 24.2 Å². The van der Waals surface area contributed by atoms with Gasteiger partial charge >= 0.3 is 10.3 Å². The van der Waals surface area contributed by atoms with E-state index in [0.29, 0.717) is 11.2 Å². The summed E-state index contributed by atoms with van der Waals surface area (Å²) in [7, 11) is -3.13. The van der Waals surface area contributed by atoms with Gasteiger partial charge in [0.05, 0.1) is 18.5 Å². The van der Waals surface area contributed by atoms with Crippen LogP contribution in [0.15, 0.2) is 36.9 Å². The van der Waals surface area contributed by atoms with Crippen molar-refractivity contribution in [2.75, 3.05) is 26.2 Å². The Morgan fingerprint density at radius 2 is 1.95 bits per heavy atom. The first-order valence-corrected chi connectivity index (χ1v) is 12.9. The molecule has 0 aliphatic carbocycles. The molecule has 2 aromatic heterocycles. The number of hydrogen-bond donors (Lipinski definition) is 2. The van der Waals surface area contributed by atoms with Gasteiger partial charge in [0.2, 0.25) is 0 Å². The van der Waals surface area contributed by atoms with Crippen LogP contribution in [0, 0.1) is 0 Å². The fraction of sp³-hybridized carbons (Fsp3) is 0.455. The number of ether oxygens (including phenoxy) is 5. The first-order chi connectivity index (χ1) is 18.1. The van der Waals surface area contributed by atoms with Crippen molar-refractivity contribution in [3.8, 4) is 5.75 Å². The van der Waals surface area contributed by atoms with Crippen molar-refractivity contribution < 1.29 is 41.1 Å². The molecule has 5 rings (SSSR count). The zero-order chi connectivity index (χ0) is 27.1. The number of carbonyl (C=O) groups is 1. The van der Waals surface area contributed by atoms with E-state index in [1.807, 2.05) is 4.72 Å². The Bertz CT molecular complexity index is 1450. The maximum Gasteiger partial charge on any atom is 0.362 e. The van der Waals surface area contributed by atoms with E-state index in [1.54, 1.807) is 30.5 Å². The monoisotopic (exact) mass is 550 g/mol. The lowest BCUT2D eigenvalue weighted by atomic mass is 10.1. The van der Waals surface area contributed by atoms with Crippen LogP contribution in [0.25, 0.3) is 11.2 Å². The molecule has 15 nitrogen and oxygen atoms in total. The van der Waals surface area contributed by atoms with Gasteiger partial charge in [-0.15, -0.1) is 0 Å². The molecule has 0 radical (unpaired) electrons. The average Bonchev–Trinajstić information content (AvgIpc) is 3.53. The second-order valence-electron chi connectivity index (χ2n) is 8.93. The number of nitrogen functional groups attached to an aromatic ring is 1. The van der Waals surface area contributed by atoms with E-state index in [4.69, 9.17) is 33.6 Å². The van der Waals surface area contributed by atoms with E-state index in [9.17, 15) is 13.2 Å². The third-order valence-corrected chi connectivity index (χ3v) is 6.74. The highest BCUT2D eigenvalue weighted by molar-refractivity contribution is 7.85. The van der Waals surface area contributed by atoms with E-state index >= 15 is 0 Å². The van der Waals surface area contributed by atoms with Crippen LogP contribution < -0.4 is 15.2 Å². The van der Waals surface area contributed by atoms with Gasteiger partial charge in [0.25, 0.3) is 5.91 Å². The van der Waals surface area contributed by atoms with Crippen LogP contribution in [0.4, 0.5) is 5.82 Å². The van der Waals surface area contributed by atoms with Crippen LogP contribution >= 0.6 is 0 Å². The van der Waals surface area contributed by atoms with E-state index in [1.165, 1.54) is 31.9 Å². The second kappa shape index (κ2) is 10.0. The average molecular weight is 551 g/mol. The largest absolute Gasteiger partial charge is 0.467 e. The molecule has 0 saturated carbocycles. The number of para-hydroxylation sites is 1. The lowest BCUT2D eigenvalue weighted by Crippen LogP contribution is -2.37. The summed E-state index contributed by atoms with van der Waals surface area (Å²) in [4.78, 5) is 25.1. The second-order valence-corrected chi connectivity index (χ2v) is 10.3. The Balaban J connectivity index is 1.31. The van der Waals surface area contributed by atoms with Gasteiger partial charge in [0, 0.05) is 7.11 Å². The van der Waals surface area contributed by atoms with Crippen molar-refractivity contribution >= 4 is 33.2 Å². The molecule has 2 aliphatic rings. The Labute approximate surface area is 217 Å². The Morgan fingerprint density at radius 3 is 2.74 bits per heavy atom. The molecule has 3 aromatic rings. The summed E-state index contributed by atoms with van der Waals surface area (Å²) in [5.74, 6) is -1.58. The third kappa shape index (κ3) is 5.13. The summed E-state index contributed by atoms with van der Waals surface area (Å²) >= 11 is 0. The van der Waals surface area contributed by atoms with E-state index in [-0.39, 0.29) is 23.9 Å². The van der Waals surface area contributed by atoms with E-state index in [2.05, 4.69) is 15.0 Å². The number of methoxy groups -OCH3 is 1. The fourth-order valence-electron chi connectivity index (χ4n) is 4.33. The number of rotatable bonds is 9. The molecule has 2 saturated heterocycles. The third-order valence-electron chi connectivity index (χ3n) is 5.86. The number of benzene rings is 1. The summed E-state index contributed by atoms with van der Waals surface area (Å²) in [5, 5.41) is 0. The molecule has 2 aliphatic heterocycles. The molecule has 4 atom stereocenters. The van der Waals surface area contributed by atoms with Gasteiger partial charge in [0.1, 0.15) is 35.9 Å². The van der Waals surface area contributed by atoms with Crippen LogP contribution in [0.1, 0.15) is 30.4 Å². The smallest absolute Gasteiger partial charge is 0.362 e. The van der Waals surface area contributed by atoms with Gasteiger partial charge < -0.3 is 29.4 Å². The van der Waals surface area contributed by atoms with Crippen LogP contribution in [0.5, 0.6) is 5.75 Å². The summed E-state index contributed by atoms with van der Waals surface area (Å²) in [6.07, 6.45) is -0.221. The molecule has 4 heterocycles. The SMILES string of the molecule is COCOc1ccccc1C(=O)NS(=O)(=O)OC[C@H]1O[C@@H](n2cnc3c(N)ncnc32)C2OC(C)(C)O[C@H]21. The Kier molecular flexibility index (Phi) is 6.93. The molecule has 0 spiro atoms. The highest BCUT2D eigenvalue weighted by atomic mass is 32.2. The number of nitrogens with zero attached hydrogens (tertiary/aromatic N) is 4. The molecule has 1 amide bonds. The molecule has 0 bridgehead atoms.